The molecule has 0 heterocycles. The second-order valence-corrected chi connectivity index (χ2v) is 4.56. The average Bonchev–Trinajstić information content (AvgIpc) is 2.37. The van der Waals surface area contributed by atoms with Crippen LogP contribution in [0.1, 0.15) is 10.4 Å². The number of amides is 2. The van der Waals surface area contributed by atoms with E-state index in [1.807, 2.05) is 0 Å². The van der Waals surface area contributed by atoms with E-state index < -0.39 is 17.8 Å². The van der Waals surface area contributed by atoms with E-state index in [2.05, 4.69) is 10.6 Å². The molecule has 7 heteroatoms. The van der Waals surface area contributed by atoms with Gasteiger partial charge in [-0.15, -0.1) is 0 Å². The SMILES string of the molecule is O=C(Nc1cccc(F)c1)Nc1cc(Cl)cc(C(=O)O)c1. The molecule has 0 aromatic heterocycles. The smallest absolute Gasteiger partial charge is 0.335 e. The van der Waals surface area contributed by atoms with Crippen LogP contribution in [0, 0.1) is 5.82 Å². The Kier molecular flexibility index (Phi) is 4.39. The fourth-order valence-corrected chi connectivity index (χ4v) is 1.88. The number of carboxylic acid groups (broad SMARTS) is 1. The van der Waals surface area contributed by atoms with Gasteiger partial charge in [0.15, 0.2) is 0 Å². The molecular weight excluding hydrogens is 299 g/mol. The second kappa shape index (κ2) is 6.23. The summed E-state index contributed by atoms with van der Waals surface area (Å²) in [6.45, 7) is 0. The lowest BCUT2D eigenvalue weighted by atomic mass is 10.2. The number of nitrogens with one attached hydrogen (secondary N) is 2. The molecular formula is C14H10ClFN2O3. The summed E-state index contributed by atoms with van der Waals surface area (Å²) in [6, 6.07) is 8.66. The minimum Gasteiger partial charge on any atom is -0.478 e. The Morgan fingerprint density at radius 3 is 2.43 bits per heavy atom. The molecule has 2 aromatic rings. The molecule has 0 unspecified atom stereocenters. The number of benzene rings is 2. The van der Waals surface area contributed by atoms with Crippen molar-refractivity contribution in [2.24, 2.45) is 0 Å². The zero-order valence-corrected chi connectivity index (χ0v) is 11.3. The number of halogens is 2. The van der Waals surface area contributed by atoms with Crippen LogP contribution in [0.3, 0.4) is 0 Å². The third-order valence-electron chi connectivity index (χ3n) is 2.49. The van der Waals surface area contributed by atoms with Crippen LogP contribution in [-0.2, 0) is 0 Å². The summed E-state index contributed by atoms with van der Waals surface area (Å²) in [5.41, 5.74) is 0.436. The Labute approximate surface area is 124 Å². The van der Waals surface area contributed by atoms with E-state index in [0.29, 0.717) is 0 Å². The van der Waals surface area contributed by atoms with Crippen molar-refractivity contribution < 1.29 is 19.1 Å². The molecule has 21 heavy (non-hydrogen) atoms. The molecule has 0 radical (unpaired) electrons. The lowest BCUT2D eigenvalue weighted by Crippen LogP contribution is -2.19. The van der Waals surface area contributed by atoms with Gasteiger partial charge in [-0.2, -0.15) is 0 Å². The van der Waals surface area contributed by atoms with Crippen molar-refractivity contribution >= 4 is 35.0 Å². The lowest BCUT2D eigenvalue weighted by Gasteiger charge is -2.09. The summed E-state index contributed by atoms with van der Waals surface area (Å²) in [5.74, 6) is -1.64. The van der Waals surface area contributed by atoms with Crippen LogP contribution < -0.4 is 10.6 Å². The summed E-state index contributed by atoms with van der Waals surface area (Å²) in [4.78, 5) is 22.6. The number of urea groups is 1. The number of aromatic carboxylic acids is 1. The van der Waals surface area contributed by atoms with Gasteiger partial charge in [0, 0.05) is 16.4 Å². The molecule has 2 aromatic carbocycles. The van der Waals surface area contributed by atoms with Crippen molar-refractivity contribution in [1.82, 2.24) is 0 Å². The van der Waals surface area contributed by atoms with Crippen molar-refractivity contribution in [3.05, 3.63) is 58.9 Å². The molecule has 0 aliphatic rings. The number of carbonyl (C=O) groups excluding carboxylic acids is 1. The van der Waals surface area contributed by atoms with Crippen LogP contribution in [0.2, 0.25) is 5.02 Å². The van der Waals surface area contributed by atoms with Gasteiger partial charge in [0.1, 0.15) is 5.82 Å². The molecule has 0 aliphatic heterocycles. The van der Waals surface area contributed by atoms with Gasteiger partial charge in [0.25, 0.3) is 0 Å². The van der Waals surface area contributed by atoms with E-state index in [9.17, 15) is 14.0 Å². The van der Waals surface area contributed by atoms with Gasteiger partial charge in [-0.3, -0.25) is 0 Å². The fourth-order valence-electron chi connectivity index (χ4n) is 1.64. The molecule has 0 atom stereocenters. The molecule has 0 saturated carbocycles. The van der Waals surface area contributed by atoms with Gasteiger partial charge in [-0.25, -0.2) is 14.0 Å². The van der Waals surface area contributed by atoms with Crippen molar-refractivity contribution in [3.8, 4) is 0 Å². The largest absolute Gasteiger partial charge is 0.478 e. The molecule has 3 N–H and O–H groups in total. The highest BCUT2D eigenvalue weighted by molar-refractivity contribution is 6.31. The van der Waals surface area contributed by atoms with Crippen LogP contribution in [-0.4, -0.2) is 17.1 Å². The van der Waals surface area contributed by atoms with Gasteiger partial charge in [0.05, 0.1) is 5.56 Å². The normalized spacial score (nSPS) is 10.0. The van der Waals surface area contributed by atoms with Crippen molar-refractivity contribution in [1.29, 1.82) is 0 Å². The highest BCUT2D eigenvalue weighted by atomic mass is 35.5. The minimum atomic E-state index is -1.16. The van der Waals surface area contributed by atoms with E-state index in [1.165, 1.54) is 36.4 Å². The molecule has 2 rings (SSSR count). The molecule has 5 nitrogen and oxygen atoms in total. The number of rotatable bonds is 3. The Bertz CT molecular complexity index is 706. The van der Waals surface area contributed by atoms with E-state index >= 15 is 0 Å². The Balaban J connectivity index is 2.11. The summed E-state index contributed by atoms with van der Waals surface area (Å²) in [6.07, 6.45) is 0. The van der Waals surface area contributed by atoms with Crippen LogP contribution >= 0.6 is 11.6 Å². The molecule has 108 valence electrons. The third kappa shape index (κ3) is 4.19. The van der Waals surface area contributed by atoms with E-state index in [0.717, 1.165) is 6.07 Å². The predicted octanol–water partition coefficient (Wildman–Crippen LogP) is 3.82. The van der Waals surface area contributed by atoms with Gasteiger partial charge < -0.3 is 15.7 Å². The summed E-state index contributed by atoms with van der Waals surface area (Å²) in [5, 5.41) is 13.9. The quantitative estimate of drug-likeness (QED) is 0.806. The van der Waals surface area contributed by atoms with Gasteiger partial charge in [-0.05, 0) is 36.4 Å². The maximum absolute atomic E-state index is 13.0. The number of carbonyl (C=O) groups is 2. The Hall–Kier alpha value is -2.60. The number of carboxylic acids is 1. The van der Waals surface area contributed by atoms with E-state index in [1.54, 1.807) is 0 Å². The summed E-state index contributed by atoms with van der Waals surface area (Å²) >= 11 is 5.77. The minimum absolute atomic E-state index is 0.0523. The Morgan fingerprint density at radius 1 is 1.05 bits per heavy atom. The second-order valence-electron chi connectivity index (χ2n) is 4.12. The molecule has 2 amide bonds. The standard InChI is InChI=1S/C14H10ClFN2O3/c15-9-4-8(13(19)20)5-12(6-9)18-14(21)17-11-3-1-2-10(16)7-11/h1-7H,(H,19,20)(H2,17,18,21). The Morgan fingerprint density at radius 2 is 1.76 bits per heavy atom. The summed E-state index contributed by atoms with van der Waals surface area (Å²) in [7, 11) is 0. The molecule has 0 spiro atoms. The molecule has 0 fully saturated rings. The highest BCUT2D eigenvalue weighted by Gasteiger charge is 2.09. The first kappa shape index (κ1) is 14.8. The third-order valence-corrected chi connectivity index (χ3v) is 2.70. The fraction of sp³-hybridized carbons (Fsp3) is 0. The molecule has 0 aliphatic carbocycles. The first-order valence-corrected chi connectivity index (χ1v) is 6.19. The summed E-state index contributed by atoms with van der Waals surface area (Å²) < 4.78 is 13.0. The van der Waals surface area contributed by atoms with Crippen LogP contribution in [0.15, 0.2) is 42.5 Å². The monoisotopic (exact) mass is 308 g/mol. The maximum atomic E-state index is 13.0. The topological polar surface area (TPSA) is 78.4 Å². The van der Waals surface area contributed by atoms with Gasteiger partial charge in [-0.1, -0.05) is 17.7 Å². The first-order chi connectivity index (χ1) is 9.94. The zero-order chi connectivity index (χ0) is 15.4. The molecule has 0 bridgehead atoms. The van der Waals surface area contributed by atoms with E-state index in [4.69, 9.17) is 16.7 Å². The van der Waals surface area contributed by atoms with E-state index in [-0.39, 0.29) is 22.0 Å². The number of hydrogen-bond acceptors (Lipinski definition) is 2. The van der Waals surface area contributed by atoms with Crippen molar-refractivity contribution in [2.45, 2.75) is 0 Å². The highest BCUT2D eigenvalue weighted by Crippen LogP contribution is 2.19. The van der Waals surface area contributed by atoms with Crippen LogP contribution in [0.5, 0.6) is 0 Å². The lowest BCUT2D eigenvalue weighted by molar-refractivity contribution is 0.0697. The predicted molar refractivity (Wildman–Crippen MR) is 77.5 cm³/mol. The molecule has 0 saturated heterocycles. The van der Waals surface area contributed by atoms with Crippen LogP contribution in [0.4, 0.5) is 20.6 Å². The maximum Gasteiger partial charge on any atom is 0.335 e. The van der Waals surface area contributed by atoms with Crippen molar-refractivity contribution in [3.63, 3.8) is 0 Å². The number of hydrogen-bond donors (Lipinski definition) is 3. The number of anilines is 2. The van der Waals surface area contributed by atoms with Gasteiger partial charge in [0.2, 0.25) is 0 Å². The van der Waals surface area contributed by atoms with Crippen LogP contribution in [0.25, 0.3) is 0 Å². The van der Waals surface area contributed by atoms with Crippen molar-refractivity contribution in [2.75, 3.05) is 10.6 Å². The average molecular weight is 309 g/mol. The zero-order valence-electron chi connectivity index (χ0n) is 10.6. The first-order valence-electron chi connectivity index (χ1n) is 5.81. The van der Waals surface area contributed by atoms with Gasteiger partial charge >= 0.3 is 12.0 Å².